The van der Waals surface area contributed by atoms with E-state index in [1.807, 2.05) is 24.3 Å². The van der Waals surface area contributed by atoms with Crippen LogP contribution in [0.15, 0.2) is 42.5 Å². The average molecular weight is 320 g/mol. The highest BCUT2D eigenvalue weighted by atomic mass is 16.5. The van der Waals surface area contributed by atoms with Crippen molar-refractivity contribution >= 4 is 11.5 Å². The summed E-state index contributed by atoms with van der Waals surface area (Å²) in [4.78, 5) is 14.1. The van der Waals surface area contributed by atoms with Crippen molar-refractivity contribution in [1.29, 1.82) is 5.26 Å². The topological polar surface area (TPSA) is 53.3 Å². The van der Waals surface area contributed by atoms with Crippen LogP contribution in [0, 0.1) is 11.3 Å². The highest BCUT2D eigenvalue weighted by Gasteiger charge is 2.28. The summed E-state index contributed by atoms with van der Waals surface area (Å²) in [5.41, 5.74) is 3.31. The van der Waals surface area contributed by atoms with Crippen LogP contribution in [0.3, 0.4) is 0 Å². The van der Waals surface area contributed by atoms with Crippen LogP contribution in [-0.2, 0) is 0 Å². The maximum absolute atomic E-state index is 11.9. The lowest BCUT2D eigenvalue weighted by molar-refractivity contribution is 0.101. The van der Waals surface area contributed by atoms with Gasteiger partial charge in [0.1, 0.15) is 5.75 Å². The summed E-state index contributed by atoms with van der Waals surface area (Å²) in [5.74, 6) is 1.28. The maximum Gasteiger partial charge on any atom is 0.161 e. The van der Waals surface area contributed by atoms with Crippen LogP contribution in [0.5, 0.6) is 5.75 Å². The van der Waals surface area contributed by atoms with E-state index in [1.165, 1.54) is 5.56 Å². The van der Waals surface area contributed by atoms with Crippen molar-refractivity contribution in [3.8, 4) is 11.8 Å². The molecule has 1 fully saturated rings. The van der Waals surface area contributed by atoms with Gasteiger partial charge in [-0.15, -0.1) is 0 Å². The molecule has 0 spiro atoms. The molecule has 4 nitrogen and oxygen atoms in total. The number of anilines is 1. The number of benzene rings is 2. The third-order valence-electron chi connectivity index (χ3n) is 4.61. The molecule has 1 unspecified atom stereocenters. The van der Waals surface area contributed by atoms with E-state index in [9.17, 15) is 4.79 Å². The van der Waals surface area contributed by atoms with Gasteiger partial charge >= 0.3 is 0 Å². The number of Topliss-reactive ketones (excluding diaryl/α,β-unsaturated/α-hetero) is 1. The second kappa shape index (κ2) is 6.76. The lowest BCUT2D eigenvalue weighted by Gasteiger charge is -2.22. The number of hydrogen-bond donors (Lipinski definition) is 0. The number of rotatable bonds is 4. The van der Waals surface area contributed by atoms with Crippen LogP contribution in [0.2, 0.25) is 0 Å². The standard InChI is InChI=1S/C20H20N2O2/c1-14(23)17-8-7-15(12-21)11-19(17)22-10-9-16(13-22)18-5-3-4-6-20(18)24-2/h3-8,11,16H,9-10,13H2,1-2H3. The van der Waals surface area contributed by atoms with Crippen molar-refractivity contribution in [1.82, 2.24) is 0 Å². The number of nitriles is 1. The van der Waals surface area contributed by atoms with Crippen LogP contribution in [-0.4, -0.2) is 26.0 Å². The monoisotopic (exact) mass is 320 g/mol. The third kappa shape index (κ3) is 2.98. The van der Waals surface area contributed by atoms with E-state index in [0.29, 0.717) is 17.0 Å². The van der Waals surface area contributed by atoms with Crippen molar-refractivity contribution in [3.63, 3.8) is 0 Å². The molecule has 0 amide bonds. The molecule has 1 aliphatic rings. The van der Waals surface area contributed by atoms with Crippen LogP contribution < -0.4 is 9.64 Å². The number of ketones is 1. The Kier molecular flexibility index (Phi) is 4.52. The van der Waals surface area contributed by atoms with Gasteiger partial charge in [-0.05, 0) is 43.2 Å². The zero-order valence-corrected chi connectivity index (χ0v) is 14.0. The molecule has 2 aromatic carbocycles. The molecule has 24 heavy (non-hydrogen) atoms. The summed E-state index contributed by atoms with van der Waals surface area (Å²) in [6.45, 7) is 3.24. The van der Waals surface area contributed by atoms with Crippen LogP contribution in [0.4, 0.5) is 5.69 Å². The first-order chi connectivity index (χ1) is 11.6. The number of para-hydroxylation sites is 1. The molecule has 3 rings (SSSR count). The highest BCUT2D eigenvalue weighted by molar-refractivity contribution is 6.00. The lowest BCUT2D eigenvalue weighted by Crippen LogP contribution is -2.21. The number of ether oxygens (including phenoxy) is 1. The van der Waals surface area contributed by atoms with Gasteiger partial charge in [-0.1, -0.05) is 18.2 Å². The minimum absolute atomic E-state index is 0.0234. The Morgan fingerprint density at radius 2 is 2.08 bits per heavy atom. The Labute approximate surface area is 142 Å². The summed E-state index contributed by atoms with van der Waals surface area (Å²) >= 11 is 0. The summed E-state index contributed by atoms with van der Waals surface area (Å²) in [7, 11) is 1.69. The average Bonchev–Trinajstić information content (AvgIpc) is 3.10. The quantitative estimate of drug-likeness (QED) is 0.805. The summed E-state index contributed by atoms with van der Waals surface area (Å²) in [6.07, 6.45) is 0.995. The second-order valence-electron chi connectivity index (χ2n) is 6.07. The number of nitrogens with zero attached hydrogens (tertiary/aromatic N) is 2. The van der Waals surface area contributed by atoms with E-state index in [4.69, 9.17) is 10.00 Å². The first-order valence-electron chi connectivity index (χ1n) is 8.07. The molecule has 0 bridgehead atoms. The van der Waals surface area contributed by atoms with Gasteiger partial charge in [0.25, 0.3) is 0 Å². The fourth-order valence-corrected chi connectivity index (χ4v) is 3.40. The first-order valence-corrected chi connectivity index (χ1v) is 8.07. The third-order valence-corrected chi connectivity index (χ3v) is 4.61. The Bertz CT molecular complexity index is 808. The van der Waals surface area contributed by atoms with Gasteiger partial charge in [-0.3, -0.25) is 4.79 Å². The zero-order chi connectivity index (χ0) is 17.1. The van der Waals surface area contributed by atoms with Gasteiger partial charge in [0.05, 0.1) is 18.7 Å². The van der Waals surface area contributed by atoms with Gasteiger partial charge < -0.3 is 9.64 Å². The van der Waals surface area contributed by atoms with E-state index < -0.39 is 0 Å². The van der Waals surface area contributed by atoms with E-state index in [2.05, 4.69) is 17.0 Å². The molecule has 1 heterocycles. The summed E-state index contributed by atoms with van der Waals surface area (Å²) in [6, 6.07) is 15.5. The van der Waals surface area contributed by atoms with Gasteiger partial charge in [-0.2, -0.15) is 5.26 Å². The van der Waals surface area contributed by atoms with Gasteiger partial charge in [-0.25, -0.2) is 0 Å². The Morgan fingerprint density at radius 1 is 1.29 bits per heavy atom. The predicted octanol–water partition coefficient (Wildman–Crippen LogP) is 3.76. The number of carbonyl (C=O) groups is 1. The Hall–Kier alpha value is -2.80. The molecule has 1 aliphatic heterocycles. The summed E-state index contributed by atoms with van der Waals surface area (Å²) in [5, 5.41) is 9.16. The molecule has 122 valence electrons. The predicted molar refractivity (Wildman–Crippen MR) is 93.7 cm³/mol. The molecule has 0 saturated carbocycles. The van der Waals surface area contributed by atoms with E-state index >= 15 is 0 Å². The number of hydrogen-bond acceptors (Lipinski definition) is 4. The molecular weight excluding hydrogens is 300 g/mol. The van der Waals surface area contributed by atoms with E-state index in [0.717, 1.165) is 30.9 Å². The molecule has 4 heteroatoms. The smallest absolute Gasteiger partial charge is 0.161 e. The lowest BCUT2D eigenvalue weighted by atomic mass is 9.97. The number of carbonyl (C=O) groups excluding carboxylic acids is 1. The maximum atomic E-state index is 11.9. The second-order valence-corrected chi connectivity index (χ2v) is 6.07. The highest BCUT2D eigenvalue weighted by Crippen LogP contribution is 2.36. The van der Waals surface area contributed by atoms with Crippen molar-refractivity contribution < 1.29 is 9.53 Å². The van der Waals surface area contributed by atoms with Crippen molar-refractivity contribution in [2.45, 2.75) is 19.3 Å². The summed E-state index contributed by atoms with van der Waals surface area (Å²) < 4.78 is 5.48. The SMILES string of the molecule is COc1ccccc1C1CCN(c2cc(C#N)ccc2C(C)=O)C1. The molecule has 1 atom stereocenters. The molecular formula is C20H20N2O2. The minimum atomic E-state index is 0.0234. The van der Waals surface area contributed by atoms with E-state index in [1.54, 1.807) is 26.2 Å². The fraction of sp³-hybridized carbons (Fsp3) is 0.300. The molecule has 0 N–H and O–H groups in total. The van der Waals surface area contributed by atoms with Crippen LogP contribution in [0.1, 0.15) is 40.7 Å². The number of methoxy groups -OCH3 is 1. The Balaban J connectivity index is 1.91. The van der Waals surface area contributed by atoms with E-state index in [-0.39, 0.29) is 5.78 Å². The van der Waals surface area contributed by atoms with Gasteiger partial charge in [0.15, 0.2) is 5.78 Å². The molecule has 0 aromatic heterocycles. The molecule has 0 aliphatic carbocycles. The first kappa shape index (κ1) is 16.1. The van der Waals surface area contributed by atoms with Gasteiger partial charge in [0, 0.05) is 30.3 Å². The van der Waals surface area contributed by atoms with Crippen molar-refractivity contribution in [2.24, 2.45) is 0 Å². The molecule has 2 aromatic rings. The van der Waals surface area contributed by atoms with Crippen LogP contribution >= 0.6 is 0 Å². The van der Waals surface area contributed by atoms with Crippen LogP contribution in [0.25, 0.3) is 0 Å². The minimum Gasteiger partial charge on any atom is -0.496 e. The Morgan fingerprint density at radius 3 is 2.79 bits per heavy atom. The molecule has 0 radical (unpaired) electrons. The zero-order valence-electron chi connectivity index (χ0n) is 14.0. The van der Waals surface area contributed by atoms with Crippen molar-refractivity contribution in [2.75, 3.05) is 25.1 Å². The van der Waals surface area contributed by atoms with Gasteiger partial charge in [0.2, 0.25) is 0 Å². The van der Waals surface area contributed by atoms with Crippen molar-refractivity contribution in [3.05, 3.63) is 59.2 Å². The normalized spacial score (nSPS) is 16.7. The largest absolute Gasteiger partial charge is 0.496 e. The molecule has 1 saturated heterocycles. The fourth-order valence-electron chi connectivity index (χ4n) is 3.40.